The third-order valence-corrected chi connectivity index (χ3v) is 6.28. The fourth-order valence-corrected chi connectivity index (χ4v) is 4.96. The van der Waals surface area contributed by atoms with E-state index < -0.39 is 0 Å². The molecule has 0 aliphatic carbocycles. The van der Waals surface area contributed by atoms with E-state index in [1.54, 1.807) is 0 Å². The van der Waals surface area contributed by atoms with Crippen LogP contribution in [0, 0.1) is 13.8 Å². The van der Waals surface area contributed by atoms with Gasteiger partial charge in [0.1, 0.15) is 0 Å². The number of carbonyl (C=O) groups is 1. The van der Waals surface area contributed by atoms with Crippen molar-refractivity contribution in [3.05, 3.63) is 29.3 Å². The van der Waals surface area contributed by atoms with Crippen LogP contribution in [-0.2, 0) is 4.79 Å². The van der Waals surface area contributed by atoms with Crippen molar-refractivity contribution < 1.29 is 4.79 Å². The maximum atomic E-state index is 12.8. The smallest absolute Gasteiger partial charge is 0.224 e. The van der Waals surface area contributed by atoms with Crippen molar-refractivity contribution in [3.8, 4) is 0 Å². The van der Waals surface area contributed by atoms with Gasteiger partial charge in [0.15, 0.2) is 5.11 Å². The molecule has 2 fully saturated rings. The summed E-state index contributed by atoms with van der Waals surface area (Å²) in [5.41, 5.74) is 3.91. The molecule has 1 aromatic carbocycles. The van der Waals surface area contributed by atoms with Gasteiger partial charge in [0.2, 0.25) is 5.91 Å². The van der Waals surface area contributed by atoms with E-state index in [1.165, 1.54) is 16.8 Å². The Labute approximate surface area is 175 Å². The number of benzene rings is 1. The monoisotopic (exact) mass is 402 g/mol. The van der Waals surface area contributed by atoms with Crippen molar-refractivity contribution in [3.63, 3.8) is 0 Å². The predicted octanol–water partition coefficient (Wildman–Crippen LogP) is 3.09. The number of amides is 1. The molecule has 154 valence electrons. The Morgan fingerprint density at radius 3 is 2.54 bits per heavy atom. The van der Waals surface area contributed by atoms with E-state index in [2.05, 4.69) is 67.9 Å². The summed E-state index contributed by atoms with van der Waals surface area (Å²) in [5, 5.41) is 4.17. The summed E-state index contributed by atoms with van der Waals surface area (Å²) in [5.74, 6) is 0.237. The molecule has 1 aromatic rings. The van der Waals surface area contributed by atoms with E-state index in [1.807, 2.05) is 4.90 Å². The van der Waals surface area contributed by atoms with Crippen LogP contribution in [-0.4, -0.2) is 65.1 Å². The van der Waals surface area contributed by atoms with Crippen LogP contribution < -0.4 is 10.2 Å². The topological polar surface area (TPSA) is 38.8 Å². The number of hydrogen-bond acceptors (Lipinski definition) is 3. The van der Waals surface area contributed by atoms with Crippen molar-refractivity contribution in [2.24, 2.45) is 0 Å². The molecular formula is C22H34N4OS. The zero-order valence-corrected chi connectivity index (χ0v) is 18.7. The highest BCUT2D eigenvalue weighted by Gasteiger charge is 2.33. The molecule has 0 radical (unpaired) electrons. The number of hydrogen-bond donors (Lipinski definition) is 1. The zero-order chi connectivity index (χ0) is 20.5. The number of nitrogens with one attached hydrogen (secondary N) is 1. The Bertz CT molecular complexity index is 740. The summed E-state index contributed by atoms with van der Waals surface area (Å²) in [6, 6.07) is 6.94. The number of anilines is 1. The molecule has 1 amide bonds. The van der Waals surface area contributed by atoms with Crippen LogP contribution in [0.4, 0.5) is 5.69 Å². The largest absolute Gasteiger partial charge is 0.368 e. The minimum absolute atomic E-state index is 0.0290. The molecule has 1 unspecified atom stereocenters. The molecule has 1 N–H and O–H groups in total. The van der Waals surface area contributed by atoms with Gasteiger partial charge >= 0.3 is 0 Å². The average molecular weight is 403 g/mol. The highest BCUT2D eigenvalue weighted by molar-refractivity contribution is 7.80. The van der Waals surface area contributed by atoms with Crippen LogP contribution in [0.1, 0.15) is 44.7 Å². The molecule has 0 saturated carbocycles. The van der Waals surface area contributed by atoms with Gasteiger partial charge in [-0.1, -0.05) is 12.1 Å². The summed E-state index contributed by atoms with van der Waals surface area (Å²) in [6.07, 6.45) is 1.55. The van der Waals surface area contributed by atoms with Crippen LogP contribution in [0.3, 0.4) is 0 Å². The van der Waals surface area contributed by atoms with Gasteiger partial charge in [0.05, 0.1) is 0 Å². The molecule has 6 heteroatoms. The fourth-order valence-electron chi connectivity index (χ4n) is 4.41. The van der Waals surface area contributed by atoms with Crippen molar-refractivity contribution in [1.82, 2.24) is 15.1 Å². The quantitative estimate of drug-likeness (QED) is 0.784. The van der Waals surface area contributed by atoms with E-state index >= 15 is 0 Å². The first kappa shape index (κ1) is 20.9. The third-order valence-electron chi connectivity index (χ3n) is 5.95. The van der Waals surface area contributed by atoms with Crippen molar-refractivity contribution >= 4 is 28.9 Å². The number of nitrogens with zero attached hydrogens (tertiary/aromatic N) is 3. The first-order valence-corrected chi connectivity index (χ1v) is 10.8. The van der Waals surface area contributed by atoms with Gasteiger partial charge in [-0.05, 0) is 70.5 Å². The fraction of sp³-hybridized carbons (Fsp3) is 0.636. The summed E-state index contributed by atoms with van der Waals surface area (Å²) in [6.45, 7) is 14.9. The molecule has 1 atom stereocenters. The SMILES string of the molecule is Cc1ccc(C)c(N2CCN(C(=O)CCN3C(=S)NC(C)(C)CC3C)CC2)c1. The van der Waals surface area contributed by atoms with Gasteiger partial charge in [-0.25, -0.2) is 0 Å². The summed E-state index contributed by atoms with van der Waals surface area (Å²) >= 11 is 5.54. The number of aryl methyl sites for hydroxylation is 2. The van der Waals surface area contributed by atoms with Gasteiger partial charge in [-0.15, -0.1) is 0 Å². The van der Waals surface area contributed by atoms with E-state index in [9.17, 15) is 4.79 Å². The van der Waals surface area contributed by atoms with Gasteiger partial charge in [-0.3, -0.25) is 4.79 Å². The van der Waals surface area contributed by atoms with E-state index in [-0.39, 0.29) is 11.4 Å². The maximum Gasteiger partial charge on any atom is 0.224 e. The van der Waals surface area contributed by atoms with Crippen molar-refractivity contribution in [1.29, 1.82) is 0 Å². The number of piperazine rings is 1. The minimum atomic E-state index is 0.0290. The Morgan fingerprint density at radius 1 is 1.21 bits per heavy atom. The molecule has 3 rings (SSSR count). The van der Waals surface area contributed by atoms with Crippen LogP contribution in [0.15, 0.2) is 18.2 Å². The molecule has 2 aliphatic heterocycles. The highest BCUT2D eigenvalue weighted by atomic mass is 32.1. The molecule has 2 heterocycles. The molecule has 0 aromatic heterocycles. The first-order valence-electron chi connectivity index (χ1n) is 10.3. The first-order chi connectivity index (χ1) is 13.2. The second-order valence-corrected chi connectivity index (χ2v) is 9.36. The van der Waals surface area contributed by atoms with Crippen LogP contribution in [0.2, 0.25) is 0 Å². The number of thiocarbonyl (C=S) groups is 1. The standard InChI is InChI=1S/C22H34N4OS/c1-16-6-7-17(2)19(14-16)24-10-12-25(13-11-24)20(27)8-9-26-18(3)15-22(4,5)23-21(26)28/h6-7,14,18H,8-13,15H2,1-5H3,(H,23,28). The van der Waals surface area contributed by atoms with Crippen LogP contribution >= 0.6 is 12.2 Å². The zero-order valence-electron chi connectivity index (χ0n) is 17.9. The van der Waals surface area contributed by atoms with Gasteiger partial charge in [-0.2, -0.15) is 0 Å². The van der Waals surface area contributed by atoms with Crippen LogP contribution in [0.5, 0.6) is 0 Å². The predicted molar refractivity (Wildman–Crippen MR) is 120 cm³/mol. The lowest BCUT2D eigenvalue weighted by Crippen LogP contribution is -2.60. The Balaban J connectivity index is 1.50. The molecule has 28 heavy (non-hydrogen) atoms. The summed E-state index contributed by atoms with van der Waals surface area (Å²) < 4.78 is 0. The minimum Gasteiger partial charge on any atom is -0.368 e. The second kappa shape index (κ2) is 8.27. The maximum absolute atomic E-state index is 12.8. The lowest BCUT2D eigenvalue weighted by Gasteiger charge is -2.45. The molecule has 0 bridgehead atoms. The second-order valence-electron chi connectivity index (χ2n) is 8.97. The molecule has 2 saturated heterocycles. The molecule has 5 nitrogen and oxygen atoms in total. The molecule has 0 spiro atoms. The van der Waals surface area contributed by atoms with Gasteiger partial charge in [0.25, 0.3) is 0 Å². The molecular weight excluding hydrogens is 368 g/mol. The lowest BCUT2D eigenvalue weighted by atomic mass is 9.93. The van der Waals surface area contributed by atoms with E-state index in [0.29, 0.717) is 19.0 Å². The van der Waals surface area contributed by atoms with E-state index in [4.69, 9.17) is 12.2 Å². The normalized spacial score (nSPS) is 22.2. The third kappa shape index (κ3) is 4.77. The van der Waals surface area contributed by atoms with Crippen molar-refractivity contribution in [2.75, 3.05) is 37.6 Å². The number of carbonyl (C=O) groups excluding carboxylic acids is 1. The number of rotatable bonds is 4. The average Bonchev–Trinajstić information content (AvgIpc) is 2.62. The van der Waals surface area contributed by atoms with Crippen LogP contribution in [0.25, 0.3) is 0 Å². The summed E-state index contributed by atoms with van der Waals surface area (Å²) in [7, 11) is 0. The van der Waals surface area contributed by atoms with Crippen molar-refractivity contribution in [2.45, 2.75) is 59.0 Å². The van der Waals surface area contributed by atoms with Gasteiger partial charge in [0, 0.05) is 56.4 Å². The van der Waals surface area contributed by atoms with Gasteiger partial charge < -0.3 is 20.0 Å². The Hall–Kier alpha value is -1.82. The Morgan fingerprint density at radius 2 is 1.89 bits per heavy atom. The highest BCUT2D eigenvalue weighted by Crippen LogP contribution is 2.24. The Kier molecular flexibility index (Phi) is 6.18. The van der Waals surface area contributed by atoms with E-state index in [0.717, 1.165) is 37.7 Å². The lowest BCUT2D eigenvalue weighted by molar-refractivity contribution is -0.131. The summed E-state index contributed by atoms with van der Waals surface area (Å²) in [4.78, 5) is 19.3. The molecule has 2 aliphatic rings.